The van der Waals surface area contributed by atoms with Crippen LogP contribution in [0, 0.1) is 0 Å². The zero-order valence-electron chi connectivity index (χ0n) is 18.2. The van der Waals surface area contributed by atoms with E-state index in [9.17, 15) is 14.4 Å². The molecule has 0 bridgehead atoms. The first-order valence-corrected chi connectivity index (χ1v) is 11.2. The lowest BCUT2D eigenvalue weighted by Crippen LogP contribution is -2.59. The maximum Gasteiger partial charge on any atom is 0.321 e. The predicted octanol–water partition coefficient (Wildman–Crippen LogP) is 2.28. The maximum atomic E-state index is 12.8. The van der Waals surface area contributed by atoms with Gasteiger partial charge in [-0.15, -0.1) is 0 Å². The summed E-state index contributed by atoms with van der Waals surface area (Å²) in [6, 6.07) is 14.7. The molecular formula is C24H26N4O5. The molecule has 0 spiro atoms. The monoisotopic (exact) mass is 450 g/mol. The number of anilines is 1. The van der Waals surface area contributed by atoms with Crippen LogP contribution in [0.15, 0.2) is 48.5 Å². The van der Waals surface area contributed by atoms with Crippen LogP contribution in [-0.2, 0) is 16.1 Å². The molecule has 2 saturated heterocycles. The Kier molecular flexibility index (Phi) is 5.77. The zero-order valence-corrected chi connectivity index (χ0v) is 18.2. The number of piperidine rings is 1. The van der Waals surface area contributed by atoms with Crippen LogP contribution in [0.2, 0.25) is 0 Å². The van der Waals surface area contributed by atoms with Crippen molar-refractivity contribution in [2.24, 2.45) is 0 Å². The molecule has 2 aromatic carbocycles. The van der Waals surface area contributed by atoms with Crippen molar-refractivity contribution >= 4 is 23.5 Å². The summed E-state index contributed by atoms with van der Waals surface area (Å²) in [7, 11) is 0. The van der Waals surface area contributed by atoms with Crippen molar-refractivity contribution in [1.82, 2.24) is 14.7 Å². The van der Waals surface area contributed by atoms with Crippen molar-refractivity contribution in [2.45, 2.75) is 25.4 Å². The molecular weight excluding hydrogens is 424 g/mol. The van der Waals surface area contributed by atoms with Crippen molar-refractivity contribution in [2.75, 3.05) is 38.3 Å². The third-order valence-corrected chi connectivity index (χ3v) is 6.37. The zero-order chi connectivity index (χ0) is 22.8. The average Bonchev–Trinajstić information content (AvgIpc) is 3.31. The highest BCUT2D eigenvalue weighted by Crippen LogP contribution is 2.34. The van der Waals surface area contributed by atoms with E-state index in [1.165, 1.54) is 0 Å². The fourth-order valence-corrected chi connectivity index (χ4v) is 4.55. The van der Waals surface area contributed by atoms with E-state index >= 15 is 0 Å². The number of carbonyl (C=O) groups excluding carboxylic acids is 3. The Morgan fingerprint density at radius 3 is 2.45 bits per heavy atom. The highest BCUT2D eigenvalue weighted by Gasteiger charge is 2.38. The van der Waals surface area contributed by atoms with E-state index in [4.69, 9.17) is 9.47 Å². The minimum absolute atomic E-state index is 0.0325. The van der Waals surface area contributed by atoms with Crippen molar-refractivity contribution < 1.29 is 23.9 Å². The predicted molar refractivity (Wildman–Crippen MR) is 120 cm³/mol. The van der Waals surface area contributed by atoms with E-state index in [0.717, 1.165) is 5.56 Å². The van der Waals surface area contributed by atoms with E-state index in [-0.39, 0.29) is 18.9 Å². The van der Waals surface area contributed by atoms with Gasteiger partial charge in [0.05, 0.1) is 0 Å². The molecule has 33 heavy (non-hydrogen) atoms. The molecule has 0 unspecified atom stereocenters. The summed E-state index contributed by atoms with van der Waals surface area (Å²) < 4.78 is 10.6. The maximum absolute atomic E-state index is 12.8. The van der Waals surface area contributed by atoms with E-state index < -0.39 is 11.8 Å². The fourth-order valence-electron chi connectivity index (χ4n) is 4.55. The number of nitrogens with zero attached hydrogens (tertiary/aromatic N) is 3. The molecule has 3 aliphatic rings. The van der Waals surface area contributed by atoms with Crippen LogP contribution in [0.4, 0.5) is 10.5 Å². The summed E-state index contributed by atoms with van der Waals surface area (Å²) >= 11 is 0. The van der Waals surface area contributed by atoms with Gasteiger partial charge in [-0.2, -0.15) is 0 Å². The average molecular weight is 450 g/mol. The lowest BCUT2D eigenvalue weighted by Gasteiger charge is -2.42. The van der Waals surface area contributed by atoms with Crippen molar-refractivity contribution in [1.29, 1.82) is 0 Å². The molecule has 2 fully saturated rings. The Bertz CT molecular complexity index is 1050. The number of ether oxygens (including phenoxy) is 2. The fraction of sp³-hybridized carbons (Fsp3) is 0.375. The highest BCUT2D eigenvalue weighted by atomic mass is 16.7. The standard InChI is InChI=1S/C24H26N4O5/c29-22-23(30)28(13-12-27(22)15-17-4-2-1-3-5-17)19-8-10-26(11-9-19)24(31)25-18-6-7-20-21(14-18)33-16-32-20/h1-7,14,19H,8-13,15-16H2,(H,25,31). The number of benzene rings is 2. The number of piperazine rings is 1. The van der Waals surface area contributed by atoms with E-state index in [1.54, 1.807) is 32.9 Å². The molecule has 4 amide bonds. The third kappa shape index (κ3) is 4.44. The summed E-state index contributed by atoms with van der Waals surface area (Å²) in [4.78, 5) is 43.2. The summed E-state index contributed by atoms with van der Waals surface area (Å²) in [6.45, 7) is 2.70. The molecule has 0 saturated carbocycles. The van der Waals surface area contributed by atoms with Crippen LogP contribution < -0.4 is 14.8 Å². The van der Waals surface area contributed by atoms with Crippen LogP contribution in [-0.4, -0.2) is 71.6 Å². The van der Waals surface area contributed by atoms with Gasteiger partial charge in [0.1, 0.15) is 0 Å². The first kappa shape index (κ1) is 21.1. The molecule has 0 atom stereocenters. The minimum atomic E-state index is -0.451. The summed E-state index contributed by atoms with van der Waals surface area (Å²) in [6.07, 6.45) is 1.29. The Morgan fingerprint density at radius 2 is 1.67 bits per heavy atom. The molecule has 2 aromatic rings. The van der Waals surface area contributed by atoms with Crippen LogP contribution >= 0.6 is 0 Å². The number of rotatable bonds is 4. The van der Waals surface area contributed by atoms with Crippen LogP contribution in [0.1, 0.15) is 18.4 Å². The molecule has 3 heterocycles. The number of amides is 4. The molecule has 3 aliphatic heterocycles. The smallest absolute Gasteiger partial charge is 0.321 e. The highest BCUT2D eigenvalue weighted by molar-refractivity contribution is 6.35. The Hall–Kier alpha value is -3.75. The van der Waals surface area contributed by atoms with Crippen LogP contribution in [0.25, 0.3) is 0 Å². The number of urea groups is 1. The van der Waals surface area contributed by atoms with E-state index in [1.807, 2.05) is 30.3 Å². The SMILES string of the molecule is O=C(Nc1ccc2c(c1)OCO2)N1CCC(N2CCN(Cc3ccccc3)C(=O)C2=O)CC1. The molecule has 172 valence electrons. The van der Waals surface area contributed by atoms with Gasteiger partial charge in [-0.1, -0.05) is 30.3 Å². The Morgan fingerprint density at radius 1 is 0.909 bits per heavy atom. The van der Waals surface area contributed by atoms with E-state index in [0.29, 0.717) is 62.8 Å². The van der Waals surface area contributed by atoms with E-state index in [2.05, 4.69) is 5.32 Å². The molecule has 1 N–H and O–H groups in total. The first-order chi connectivity index (χ1) is 16.1. The third-order valence-electron chi connectivity index (χ3n) is 6.37. The van der Waals surface area contributed by atoms with Crippen LogP contribution in [0.3, 0.4) is 0 Å². The molecule has 0 radical (unpaired) electrons. The first-order valence-electron chi connectivity index (χ1n) is 11.2. The lowest BCUT2D eigenvalue weighted by molar-refractivity contribution is -0.158. The van der Waals surface area contributed by atoms with Crippen molar-refractivity contribution in [3.8, 4) is 11.5 Å². The van der Waals surface area contributed by atoms with Gasteiger partial charge < -0.3 is 29.5 Å². The summed E-state index contributed by atoms with van der Waals surface area (Å²) in [5, 5.41) is 2.89. The Balaban J connectivity index is 1.13. The largest absolute Gasteiger partial charge is 0.454 e. The number of carbonyl (C=O) groups is 3. The normalized spacial score (nSPS) is 18.6. The molecule has 5 rings (SSSR count). The van der Waals surface area contributed by atoms with Gasteiger partial charge in [0.25, 0.3) is 0 Å². The number of nitrogens with one attached hydrogen (secondary N) is 1. The van der Waals surface area contributed by atoms with Gasteiger partial charge in [-0.25, -0.2) is 4.79 Å². The second-order valence-electron chi connectivity index (χ2n) is 8.43. The second-order valence-corrected chi connectivity index (χ2v) is 8.43. The van der Waals surface area contributed by atoms with Gasteiger partial charge in [0.15, 0.2) is 11.5 Å². The van der Waals surface area contributed by atoms with Crippen LogP contribution in [0.5, 0.6) is 11.5 Å². The molecule has 9 nitrogen and oxygen atoms in total. The van der Waals surface area contributed by atoms with Gasteiger partial charge in [0, 0.05) is 50.5 Å². The number of likely N-dealkylation sites (tertiary alicyclic amines) is 1. The van der Waals surface area contributed by atoms with Gasteiger partial charge in [0.2, 0.25) is 6.79 Å². The number of hydrogen-bond acceptors (Lipinski definition) is 5. The quantitative estimate of drug-likeness (QED) is 0.722. The lowest BCUT2D eigenvalue weighted by atomic mass is 10.0. The topological polar surface area (TPSA) is 91.4 Å². The number of hydrogen-bond donors (Lipinski definition) is 1. The van der Waals surface area contributed by atoms with Gasteiger partial charge in [-0.3, -0.25) is 9.59 Å². The molecule has 0 aromatic heterocycles. The molecule has 0 aliphatic carbocycles. The summed E-state index contributed by atoms with van der Waals surface area (Å²) in [5.41, 5.74) is 1.65. The Labute approximate surface area is 191 Å². The van der Waals surface area contributed by atoms with Gasteiger partial charge in [-0.05, 0) is 30.5 Å². The van der Waals surface area contributed by atoms with Crippen molar-refractivity contribution in [3.63, 3.8) is 0 Å². The number of fused-ring (bicyclic) bond motifs is 1. The van der Waals surface area contributed by atoms with Gasteiger partial charge >= 0.3 is 17.8 Å². The van der Waals surface area contributed by atoms with Crippen molar-refractivity contribution in [3.05, 3.63) is 54.1 Å². The second kappa shape index (κ2) is 9.01. The molecule has 9 heteroatoms. The summed E-state index contributed by atoms with van der Waals surface area (Å²) in [5.74, 6) is 0.381. The minimum Gasteiger partial charge on any atom is -0.454 e.